The van der Waals surface area contributed by atoms with Gasteiger partial charge in [0.05, 0.1) is 0 Å². The molecule has 0 aliphatic heterocycles. The van der Waals surface area contributed by atoms with Crippen LogP contribution in [0.25, 0.3) is 0 Å². The second-order valence-electron chi connectivity index (χ2n) is 0. The Bertz CT molecular complexity index is 8.00. The maximum atomic E-state index is 0. The van der Waals surface area contributed by atoms with E-state index in [-0.39, 0.29) is 68.7 Å². The van der Waals surface area contributed by atoms with E-state index in [4.69, 9.17) is 0 Å². The maximum Gasteiger partial charge on any atom is 0 e. The molecule has 0 aliphatic rings. The van der Waals surface area contributed by atoms with Crippen LogP contribution in [0.1, 0.15) is 0 Å². The molecular weight excluding hydrogens is 243 g/mol. The first-order chi connectivity index (χ1) is 0. The van der Waals surface area contributed by atoms with E-state index in [1.807, 2.05) is 0 Å². The molecule has 1 unspecified atom stereocenters. The van der Waals surface area contributed by atoms with E-state index in [0.717, 1.165) is 0 Å². The average Bonchev–Trinajstić information content (AvgIpc) is 0. The fourth-order valence-corrected chi connectivity index (χ4v) is 0. The minimum Gasteiger partial charge on any atom is -0.197 e. The van der Waals surface area contributed by atoms with Gasteiger partial charge in [0.25, 0.3) is 0 Å². The zero-order valence-corrected chi connectivity index (χ0v) is 11.2. The van der Waals surface area contributed by atoms with E-state index in [9.17, 15) is 0 Å². The van der Waals surface area contributed by atoms with Crippen LogP contribution in [0, 0.1) is 0 Å². The van der Waals surface area contributed by atoms with Crippen molar-refractivity contribution < 1.29 is 19.5 Å². The second kappa shape index (κ2) is 18.6. The predicted octanol–water partition coefficient (Wildman–Crippen LogP) is -0.212. The van der Waals surface area contributed by atoms with E-state index in [1.165, 1.54) is 0 Å². The summed E-state index contributed by atoms with van der Waals surface area (Å²) in [7, 11) is 0. The molecule has 0 nitrogen and oxygen atoms in total. The molecule has 0 N–H and O–H groups in total. The molecule has 0 aromatic rings. The van der Waals surface area contributed by atoms with Crippen LogP contribution in [0.3, 0.4) is 0 Å². The fraction of sp³-hybridized carbons (Fsp3) is 0. The van der Waals surface area contributed by atoms with Crippen LogP contribution in [0.15, 0.2) is 0 Å². The van der Waals surface area contributed by atoms with Gasteiger partial charge in [0.15, 0.2) is 0 Å². The first kappa shape index (κ1) is 33.8. The molecule has 1 atom stereocenters. The summed E-state index contributed by atoms with van der Waals surface area (Å²) in [5.41, 5.74) is 0. The Balaban J connectivity index is 0. The molecule has 4 heteroatoms. The first-order valence-electron chi connectivity index (χ1n) is 0. The number of hydrogen-bond donors (Lipinski definition) is 0. The quantitative estimate of drug-likeness (QED) is 0.411. The summed E-state index contributed by atoms with van der Waals surface area (Å²) in [6, 6.07) is 0. The summed E-state index contributed by atoms with van der Waals surface area (Å²) >= 11 is 0. The Morgan fingerprint density at radius 2 is 1.00 bits per heavy atom. The van der Waals surface area contributed by atoms with Gasteiger partial charge < -0.3 is 0 Å². The average molecular weight is 248 g/mol. The minimum atomic E-state index is 0. The van der Waals surface area contributed by atoms with Crippen molar-refractivity contribution in [2.24, 2.45) is 0 Å². The Morgan fingerprint density at radius 1 is 1.00 bits per heavy atom. The summed E-state index contributed by atoms with van der Waals surface area (Å²) in [4.78, 5) is 0. The molecule has 0 heterocycles. The van der Waals surface area contributed by atoms with Crippen LogP contribution < -0.4 is 0 Å². The molecule has 0 fully saturated rings. The Hall–Kier alpha value is 2.27. The van der Waals surface area contributed by atoms with Crippen molar-refractivity contribution in [3.63, 3.8) is 0 Å². The SMILES string of the molecule is P.S.[In].[Zn]. The van der Waals surface area contributed by atoms with E-state index in [2.05, 4.69) is 0 Å². The molecule has 0 amide bonds. The third kappa shape index (κ3) is 8.86. The molecular formula is H5InPSZn. The molecule has 21 valence electrons. The van der Waals surface area contributed by atoms with Crippen LogP contribution in [0.4, 0.5) is 0 Å². The predicted molar refractivity (Wildman–Crippen MR) is 27.2 cm³/mol. The van der Waals surface area contributed by atoms with Crippen molar-refractivity contribution in [3.8, 4) is 0 Å². The maximum absolute atomic E-state index is 0. The molecule has 4 heavy (non-hydrogen) atoms. The number of rotatable bonds is 0. The zero-order valence-electron chi connectivity index (χ0n) is 2.49. The topological polar surface area (TPSA) is 0 Å². The van der Waals surface area contributed by atoms with E-state index >= 15 is 0 Å². The third-order valence-corrected chi connectivity index (χ3v) is 0. The van der Waals surface area contributed by atoms with Crippen molar-refractivity contribution in [2.75, 3.05) is 0 Å². The molecule has 0 saturated carbocycles. The van der Waals surface area contributed by atoms with Crippen LogP contribution in [0.2, 0.25) is 0 Å². The Morgan fingerprint density at radius 3 is 1.00 bits per heavy atom. The van der Waals surface area contributed by atoms with E-state index in [0.29, 0.717) is 0 Å². The molecule has 0 saturated heterocycles. The van der Waals surface area contributed by atoms with Gasteiger partial charge in [0, 0.05) is 45.3 Å². The van der Waals surface area contributed by atoms with Gasteiger partial charge in [-0.15, -0.1) is 0 Å². The van der Waals surface area contributed by atoms with Gasteiger partial charge in [-0.25, -0.2) is 0 Å². The van der Waals surface area contributed by atoms with Crippen molar-refractivity contribution in [1.29, 1.82) is 0 Å². The fourth-order valence-electron chi connectivity index (χ4n) is 0. The second-order valence-corrected chi connectivity index (χ2v) is 0. The summed E-state index contributed by atoms with van der Waals surface area (Å²) in [5, 5.41) is 0. The Labute approximate surface area is 68.1 Å². The van der Waals surface area contributed by atoms with Crippen molar-refractivity contribution in [1.82, 2.24) is 0 Å². The van der Waals surface area contributed by atoms with E-state index in [1.54, 1.807) is 0 Å². The molecule has 0 spiro atoms. The summed E-state index contributed by atoms with van der Waals surface area (Å²) < 4.78 is 0. The molecule has 0 aromatic heterocycles. The molecule has 0 rings (SSSR count). The van der Waals surface area contributed by atoms with Gasteiger partial charge in [-0.1, -0.05) is 0 Å². The third-order valence-electron chi connectivity index (χ3n) is 0. The van der Waals surface area contributed by atoms with Crippen molar-refractivity contribution in [2.45, 2.75) is 0 Å². The normalized spacial score (nSPS) is 0. The summed E-state index contributed by atoms with van der Waals surface area (Å²) in [6.07, 6.45) is 0. The van der Waals surface area contributed by atoms with Crippen LogP contribution in [0.5, 0.6) is 0 Å². The summed E-state index contributed by atoms with van der Waals surface area (Å²) in [6.45, 7) is 0. The van der Waals surface area contributed by atoms with Gasteiger partial charge in [0.2, 0.25) is 0 Å². The summed E-state index contributed by atoms with van der Waals surface area (Å²) in [5.74, 6) is 0. The van der Waals surface area contributed by atoms with Gasteiger partial charge in [-0.05, 0) is 0 Å². The first-order valence-corrected chi connectivity index (χ1v) is 0. The largest absolute Gasteiger partial charge is 0.197 e. The molecule has 0 aliphatic carbocycles. The molecule has 0 aromatic carbocycles. The zero-order chi connectivity index (χ0) is 0. The monoisotopic (exact) mass is 247 g/mol. The van der Waals surface area contributed by atoms with Crippen molar-refractivity contribution in [3.05, 3.63) is 0 Å². The molecule has 0 bridgehead atoms. The standard InChI is InChI=1S/In.H3P.H2S.Zn/h;1H3;1H2;. The van der Waals surface area contributed by atoms with Crippen LogP contribution >= 0.6 is 23.4 Å². The Kier molecular flexibility index (Phi) is 157. The molecule has 3 radical (unpaired) electrons. The smallest absolute Gasteiger partial charge is 0 e. The van der Waals surface area contributed by atoms with Gasteiger partial charge in [0.1, 0.15) is 0 Å². The van der Waals surface area contributed by atoms with Gasteiger partial charge in [-0.2, -0.15) is 23.4 Å². The van der Waals surface area contributed by atoms with Crippen molar-refractivity contribution >= 4 is 49.2 Å². The van der Waals surface area contributed by atoms with Crippen LogP contribution in [-0.2, 0) is 19.5 Å². The van der Waals surface area contributed by atoms with Gasteiger partial charge >= 0.3 is 0 Å². The minimum absolute atomic E-state index is 0. The van der Waals surface area contributed by atoms with E-state index < -0.39 is 0 Å². The van der Waals surface area contributed by atoms with Gasteiger partial charge in [-0.3, -0.25) is 0 Å². The number of hydrogen-bond acceptors (Lipinski definition) is 0. The van der Waals surface area contributed by atoms with Crippen LogP contribution in [-0.4, -0.2) is 25.8 Å².